The minimum atomic E-state index is -0.369. The number of carbonyl (C=O) groups excluding carboxylic acids is 1. The molecule has 0 saturated carbocycles. The van der Waals surface area contributed by atoms with E-state index in [2.05, 4.69) is 4.98 Å². The van der Waals surface area contributed by atoms with Gasteiger partial charge in [0.15, 0.2) is 0 Å². The van der Waals surface area contributed by atoms with Gasteiger partial charge in [0.1, 0.15) is 5.75 Å². The number of hydrogen-bond acceptors (Lipinski definition) is 4. The predicted molar refractivity (Wildman–Crippen MR) is 78.7 cm³/mol. The number of hydrogen-bond donors (Lipinski definition) is 0. The summed E-state index contributed by atoms with van der Waals surface area (Å²) in [5, 5.41) is 0.940. The molecule has 0 bridgehead atoms. The number of rotatable bonds is 4. The topological polar surface area (TPSA) is 48.4 Å². The van der Waals surface area contributed by atoms with E-state index < -0.39 is 0 Å². The standard InChI is InChI=1S/C16H17NO3/c1-4-20-16(18)10-7-13-12-6-5-11(2)17-14(12)8-9-15(13)19-3/h5-10H,4H2,1-3H3/b10-7+. The van der Waals surface area contributed by atoms with Crippen LogP contribution in [0.2, 0.25) is 0 Å². The van der Waals surface area contributed by atoms with Gasteiger partial charge in [-0.2, -0.15) is 0 Å². The van der Waals surface area contributed by atoms with Crippen LogP contribution in [0.5, 0.6) is 5.75 Å². The van der Waals surface area contributed by atoms with Crippen LogP contribution in [-0.4, -0.2) is 24.7 Å². The van der Waals surface area contributed by atoms with Gasteiger partial charge in [0.05, 0.1) is 19.2 Å². The Labute approximate surface area is 118 Å². The highest BCUT2D eigenvalue weighted by Gasteiger charge is 2.07. The quantitative estimate of drug-likeness (QED) is 0.633. The summed E-state index contributed by atoms with van der Waals surface area (Å²) in [5.41, 5.74) is 2.64. The molecular weight excluding hydrogens is 254 g/mol. The molecule has 0 aliphatic rings. The number of nitrogens with zero attached hydrogens (tertiary/aromatic N) is 1. The average Bonchev–Trinajstić information content (AvgIpc) is 2.44. The summed E-state index contributed by atoms with van der Waals surface area (Å²) in [6, 6.07) is 7.66. The smallest absolute Gasteiger partial charge is 0.330 e. The Hall–Kier alpha value is -2.36. The molecule has 0 saturated heterocycles. The van der Waals surface area contributed by atoms with Crippen molar-refractivity contribution in [3.63, 3.8) is 0 Å². The van der Waals surface area contributed by atoms with Crippen molar-refractivity contribution in [1.29, 1.82) is 0 Å². The molecule has 0 aliphatic heterocycles. The van der Waals surface area contributed by atoms with Crippen molar-refractivity contribution in [3.05, 3.63) is 41.6 Å². The summed E-state index contributed by atoms with van der Waals surface area (Å²) in [6.07, 6.45) is 3.11. The highest BCUT2D eigenvalue weighted by Crippen LogP contribution is 2.28. The van der Waals surface area contributed by atoms with Gasteiger partial charge in [-0.15, -0.1) is 0 Å². The second-order valence-corrected chi connectivity index (χ2v) is 4.29. The van der Waals surface area contributed by atoms with Crippen LogP contribution in [0.4, 0.5) is 0 Å². The Morgan fingerprint density at radius 1 is 1.30 bits per heavy atom. The Morgan fingerprint density at radius 3 is 2.80 bits per heavy atom. The summed E-state index contributed by atoms with van der Waals surface area (Å²) in [5.74, 6) is 0.329. The number of pyridine rings is 1. The largest absolute Gasteiger partial charge is 0.496 e. The zero-order chi connectivity index (χ0) is 14.5. The van der Waals surface area contributed by atoms with Gasteiger partial charge in [0.2, 0.25) is 0 Å². The Balaban J connectivity index is 2.51. The summed E-state index contributed by atoms with van der Waals surface area (Å²) >= 11 is 0. The number of aryl methyl sites for hydroxylation is 1. The Kier molecular flexibility index (Phi) is 4.35. The third-order valence-electron chi connectivity index (χ3n) is 2.90. The SMILES string of the molecule is CCOC(=O)/C=C/c1c(OC)ccc2nc(C)ccc12. The van der Waals surface area contributed by atoms with Crippen LogP contribution in [0, 0.1) is 6.92 Å². The van der Waals surface area contributed by atoms with Crippen LogP contribution >= 0.6 is 0 Å². The molecule has 20 heavy (non-hydrogen) atoms. The van der Waals surface area contributed by atoms with Crippen LogP contribution in [0.25, 0.3) is 17.0 Å². The minimum absolute atomic E-state index is 0.358. The van der Waals surface area contributed by atoms with Crippen molar-refractivity contribution in [1.82, 2.24) is 4.98 Å². The number of carbonyl (C=O) groups is 1. The van der Waals surface area contributed by atoms with Gasteiger partial charge >= 0.3 is 5.97 Å². The maximum Gasteiger partial charge on any atom is 0.330 e. The van der Waals surface area contributed by atoms with Crippen LogP contribution in [-0.2, 0) is 9.53 Å². The zero-order valence-electron chi connectivity index (χ0n) is 11.8. The Morgan fingerprint density at radius 2 is 2.10 bits per heavy atom. The molecule has 104 valence electrons. The molecule has 2 rings (SSSR count). The van der Waals surface area contributed by atoms with Crippen molar-refractivity contribution >= 4 is 22.9 Å². The molecule has 1 aromatic carbocycles. The number of fused-ring (bicyclic) bond motifs is 1. The lowest BCUT2D eigenvalue weighted by Gasteiger charge is -2.09. The van der Waals surface area contributed by atoms with Crippen LogP contribution in [0.1, 0.15) is 18.2 Å². The zero-order valence-corrected chi connectivity index (χ0v) is 11.8. The van der Waals surface area contributed by atoms with Crippen LogP contribution in [0.15, 0.2) is 30.3 Å². The maximum atomic E-state index is 11.4. The molecule has 0 atom stereocenters. The first kappa shape index (κ1) is 14.1. The summed E-state index contributed by atoms with van der Waals surface area (Å²) < 4.78 is 10.2. The fraction of sp³-hybridized carbons (Fsp3) is 0.250. The van der Waals surface area contributed by atoms with Crippen molar-refractivity contribution < 1.29 is 14.3 Å². The van der Waals surface area contributed by atoms with E-state index in [0.29, 0.717) is 12.4 Å². The molecule has 1 aromatic heterocycles. The first-order valence-corrected chi connectivity index (χ1v) is 6.45. The summed E-state index contributed by atoms with van der Waals surface area (Å²) in [4.78, 5) is 15.9. The number of methoxy groups -OCH3 is 1. The van der Waals surface area contributed by atoms with E-state index in [4.69, 9.17) is 9.47 Å². The molecule has 4 nitrogen and oxygen atoms in total. The van der Waals surface area contributed by atoms with Gasteiger partial charge in [-0.1, -0.05) is 6.07 Å². The van der Waals surface area contributed by atoms with Crippen LogP contribution < -0.4 is 4.74 Å². The maximum absolute atomic E-state index is 11.4. The van der Waals surface area contributed by atoms with Gasteiger partial charge < -0.3 is 9.47 Å². The minimum Gasteiger partial charge on any atom is -0.496 e. The number of ether oxygens (including phenoxy) is 2. The first-order chi connectivity index (χ1) is 9.65. The highest BCUT2D eigenvalue weighted by molar-refractivity contribution is 5.95. The molecule has 0 radical (unpaired) electrons. The average molecular weight is 271 g/mol. The van der Waals surface area contributed by atoms with Crippen molar-refractivity contribution in [2.24, 2.45) is 0 Å². The number of benzene rings is 1. The van der Waals surface area contributed by atoms with E-state index in [1.807, 2.05) is 31.2 Å². The molecule has 0 spiro atoms. The molecule has 0 aliphatic carbocycles. The predicted octanol–water partition coefficient (Wildman–Crippen LogP) is 3.13. The normalized spacial score (nSPS) is 10.9. The van der Waals surface area contributed by atoms with Crippen molar-refractivity contribution in [2.75, 3.05) is 13.7 Å². The molecule has 0 unspecified atom stereocenters. The van der Waals surface area contributed by atoms with Crippen molar-refractivity contribution in [3.8, 4) is 5.75 Å². The first-order valence-electron chi connectivity index (χ1n) is 6.45. The van der Waals surface area contributed by atoms with Gasteiger partial charge in [-0.05, 0) is 38.1 Å². The fourth-order valence-electron chi connectivity index (χ4n) is 2.00. The molecule has 0 N–H and O–H groups in total. The third-order valence-corrected chi connectivity index (χ3v) is 2.90. The van der Waals surface area contributed by atoms with Gasteiger partial charge in [0, 0.05) is 22.7 Å². The van der Waals surface area contributed by atoms with Gasteiger partial charge in [0.25, 0.3) is 0 Å². The van der Waals surface area contributed by atoms with Crippen molar-refractivity contribution in [2.45, 2.75) is 13.8 Å². The molecule has 0 fully saturated rings. The highest BCUT2D eigenvalue weighted by atomic mass is 16.5. The number of esters is 1. The van der Waals surface area contributed by atoms with Gasteiger partial charge in [-0.3, -0.25) is 4.98 Å². The third kappa shape index (κ3) is 2.96. The lowest BCUT2D eigenvalue weighted by molar-refractivity contribution is -0.137. The lowest BCUT2D eigenvalue weighted by Crippen LogP contribution is -1.99. The molecule has 1 heterocycles. The summed E-state index contributed by atoms with van der Waals surface area (Å²) in [7, 11) is 1.60. The molecule has 0 amide bonds. The van der Waals surface area contributed by atoms with E-state index in [9.17, 15) is 4.79 Å². The fourth-order valence-corrected chi connectivity index (χ4v) is 2.00. The van der Waals surface area contributed by atoms with E-state index in [0.717, 1.165) is 22.2 Å². The summed E-state index contributed by atoms with van der Waals surface area (Å²) in [6.45, 7) is 4.07. The van der Waals surface area contributed by atoms with Gasteiger partial charge in [-0.25, -0.2) is 4.79 Å². The van der Waals surface area contributed by atoms with E-state index in [1.165, 1.54) is 6.08 Å². The van der Waals surface area contributed by atoms with E-state index in [-0.39, 0.29) is 5.97 Å². The lowest BCUT2D eigenvalue weighted by atomic mass is 10.1. The monoisotopic (exact) mass is 271 g/mol. The Bertz CT molecular complexity index is 662. The number of aromatic nitrogens is 1. The van der Waals surface area contributed by atoms with Crippen LogP contribution in [0.3, 0.4) is 0 Å². The molecule has 2 aromatic rings. The second kappa shape index (κ2) is 6.19. The second-order valence-electron chi connectivity index (χ2n) is 4.29. The van der Waals surface area contributed by atoms with E-state index in [1.54, 1.807) is 20.1 Å². The molecule has 4 heteroatoms. The van der Waals surface area contributed by atoms with E-state index >= 15 is 0 Å². The molecular formula is C16H17NO3.